The van der Waals surface area contributed by atoms with Crippen LogP contribution in [0.1, 0.15) is 30.4 Å². The van der Waals surface area contributed by atoms with Gasteiger partial charge in [0.25, 0.3) is 0 Å². The molecule has 1 fully saturated rings. The van der Waals surface area contributed by atoms with E-state index in [-0.39, 0.29) is 11.6 Å². The van der Waals surface area contributed by atoms with Crippen LogP contribution in [0.15, 0.2) is 18.2 Å². The summed E-state index contributed by atoms with van der Waals surface area (Å²) in [4.78, 5) is 12.0. The maximum Gasteiger partial charge on any atom is 0.137 e. The molecule has 98 valence electrons. The average molecular weight is 249 g/mol. The molecule has 1 atom stereocenters. The molecule has 0 radical (unpaired) electrons. The van der Waals surface area contributed by atoms with E-state index >= 15 is 0 Å². The Morgan fingerprint density at radius 2 is 2.33 bits per heavy atom. The molecular formula is C15H20FNO. The molecule has 1 aromatic rings. The summed E-state index contributed by atoms with van der Waals surface area (Å²) in [5.41, 5.74) is 1.82. The normalized spacial score (nSPS) is 19.8. The fraction of sp³-hybridized carbons (Fsp3) is 0.533. The highest BCUT2D eigenvalue weighted by atomic mass is 19.1. The summed E-state index contributed by atoms with van der Waals surface area (Å²) < 4.78 is 13.0. The van der Waals surface area contributed by atoms with Gasteiger partial charge in [0.1, 0.15) is 11.6 Å². The van der Waals surface area contributed by atoms with E-state index in [1.165, 1.54) is 12.1 Å². The summed E-state index contributed by atoms with van der Waals surface area (Å²) in [6, 6.07) is 4.64. The van der Waals surface area contributed by atoms with Crippen molar-refractivity contribution in [2.45, 2.75) is 32.6 Å². The second kappa shape index (κ2) is 6.10. The van der Waals surface area contributed by atoms with Gasteiger partial charge in [-0.25, -0.2) is 4.39 Å². The van der Waals surface area contributed by atoms with Crippen molar-refractivity contribution >= 4 is 5.78 Å². The third kappa shape index (κ3) is 3.64. The van der Waals surface area contributed by atoms with Crippen LogP contribution in [0.5, 0.6) is 0 Å². The zero-order valence-electron chi connectivity index (χ0n) is 10.8. The Morgan fingerprint density at radius 1 is 1.50 bits per heavy atom. The van der Waals surface area contributed by atoms with Crippen LogP contribution in [0, 0.1) is 18.7 Å². The molecule has 0 saturated carbocycles. The van der Waals surface area contributed by atoms with Gasteiger partial charge in [-0.3, -0.25) is 4.79 Å². The van der Waals surface area contributed by atoms with E-state index < -0.39 is 0 Å². The number of carbonyl (C=O) groups excluding carboxylic acids is 1. The fourth-order valence-corrected chi connectivity index (χ4v) is 2.56. The maximum absolute atomic E-state index is 13.0. The minimum Gasteiger partial charge on any atom is -0.316 e. The molecule has 0 aliphatic carbocycles. The first-order chi connectivity index (χ1) is 8.65. The maximum atomic E-state index is 13.0. The Kier molecular flexibility index (Phi) is 4.48. The summed E-state index contributed by atoms with van der Waals surface area (Å²) in [7, 11) is 0. The van der Waals surface area contributed by atoms with Gasteiger partial charge in [0.15, 0.2) is 0 Å². The number of hydrogen-bond donors (Lipinski definition) is 1. The van der Waals surface area contributed by atoms with E-state index in [0.29, 0.717) is 18.8 Å². The summed E-state index contributed by atoms with van der Waals surface area (Å²) in [5, 5.41) is 3.32. The lowest BCUT2D eigenvalue weighted by atomic mass is 9.91. The van der Waals surface area contributed by atoms with E-state index in [1.54, 1.807) is 6.07 Å². The molecule has 1 aliphatic heterocycles. The summed E-state index contributed by atoms with van der Waals surface area (Å²) in [6.45, 7) is 3.88. The lowest BCUT2D eigenvalue weighted by molar-refractivity contribution is -0.119. The molecule has 3 heteroatoms. The van der Waals surface area contributed by atoms with Crippen LogP contribution in [0.2, 0.25) is 0 Å². The number of benzene rings is 1. The van der Waals surface area contributed by atoms with Crippen molar-refractivity contribution in [2.75, 3.05) is 13.1 Å². The quantitative estimate of drug-likeness (QED) is 0.888. The third-order valence-corrected chi connectivity index (χ3v) is 3.61. The van der Waals surface area contributed by atoms with Crippen LogP contribution in [-0.2, 0) is 11.2 Å². The predicted octanol–water partition coefficient (Wildman–Crippen LogP) is 2.64. The lowest BCUT2D eigenvalue weighted by Crippen LogP contribution is -2.31. The van der Waals surface area contributed by atoms with Gasteiger partial charge in [-0.2, -0.15) is 0 Å². The zero-order valence-corrected chi connectivity index (χ0v) is 10.8. The molecule has 0 amide bonds. The molecule has 1 unspecified atom stereocenters. The Balaban J connectivity index is 1.90. The number of rotatable bonds is 4. The van der Waals surface area contributed by atoms with E-state index in [2.05, 4.69) is 5.32 Å². The summed E-state index contributed by atoms with van der Waals surface area (Å²) in [6.07, 6.45) is 3.38. The number of Topliss-reactive ketones (excluding diaryl/α,β-unsaturated/α-hetero) is 1. The molecular weight excluding hydrogens is 229 g/mol. The Hall–Kier alpha value is -1.22. The predicted molar refractivity (Wildman–Crippen MR) is 70.1 cm³/mol. The summed E-state index contributed by atoms with van der Waals surface area (Å²) in [5.74, 6) is 0.505. The van der Waals surface area contributed by atoms with Gasteiger partial charge >= 0.3 is 0 Å². The van der Waals surface area contributed by atoms with Gasteiger partial charge in [0.2, 0.25) is 0 Å². The molecule has 2 rings (SSSR count). The molecule has 0 bridgehead atoms. The van der Waals surface area contributed by atoms with Crippen LogP contribution in [0.3, 0.4) is 0 Å². The van der Waals surface area contributed by atoms with Crippen molar-refractivity contribution in [1.82, 2.24) is 5.32 Å². The van der Waals surface area contributed by atoms with E-state index in [0.717, 1.165) is 37.1 Å². The number of ketones is 1. The van der Waals surface area contributed by atoms with Gasteiger partial charge in [-0.05, 0) is 62.0 Å². The van der Waals surface area contributed by atoms with Gasteiger partial charge in [0, 0.05) is 12.8 Å². The first kappa shape index (κ1) is 13.2. The molecule has 1 N–H and O–H groups in total. The molecule has 1 aromatic carbocycles. The van der Waals surface area contributed by atoms with Gasteiger partial charge in [-0.15, -0.1) is 0 Å². The Bertz CT molecular complexity index is 425. The van der Waals surface area contributed by atoms with Gasteiger partial charge in [-0.1, -0.05) is 6.07 Å². The molecule has 1 heterocycles. The molecule has 0 aromatic heterocycles. The Morgan fingerprint density at radius 3 is 3.00 bits per heavy atom. The van der Waals surface area contributed by atoms with Crippen molar-refractivity contribution in [2.24, 2.45) is 5.92 Å². The first-order valence-electron chi connectivity index (χ1n) is 6.62. The minimum absolute atomic E-state index is 0.236. The molecule has 1 aliphatic rings. The van der Waals surface area contributed by atoms with Crippen LogP contribution in [0.25, 0.3) is 0 Å². The van der Waals surface area contributed by atoms with Crippen molar-refractivity contribution in [3.8, 4) is 0 Å². The van der Waals surface area contributed by atoms with Crippen molar-refractivity contribution < 1.29 is 9.18 Å². The van der Waals surface area contributed by atoms with Crippen LogP contribution >= 0.6 is 0 Å². The number of nitrogens with one attached hydrogen (secondary N) is 1. The highest BCUT2D eigenvalue weighted by Crippen LogP contribution is 2.17. The van der Waals surface area contributed by atoms with Crippen LogP contribution in [-0.4, -0.2) is 18.9 Å². The number of carbonyl (C=O) groups is 1. The topological polar surface area (TPSA) is 29.1 Å². The zero-order chi connectivity index (χ0) is 13.0. The van der Waals surface area contributed by atoms with Crippen molar-refractivity contribution in [3.63, 3.8) is 0 Å². The fourth-order valence-electron chi connectivity index (χ4n) is 2.56. The number of aryl methyl sites for hydroxylation is 1. The van der Waals surface area contributed by atoms with Crippen LogP contribution < -0.4 is 5.32 Å². The smallest absolute Gasteiger partial charge is 0.137 e. The number of hydrogen-bond acceptors (Lipinski definition) is 2. The standard InChI is InChI=1S/C15H20FNO/c1-11-7-14(16)5-4-13(11)9-15(18)8-12-3-2-6-17-10-12/h4-5,7,12,17H,2-3,6,8-10H2,1H3. The van der Waals surface area contributed by atoms with Crippen molar-refractivity contribution in [3.05, 3.63) is 35.1 Å². The third-order valence-electron chi connectivity index (χ3n) is 3.61. The molecule has 0 spiro atoms. The minimum atomic E-state index is -0.236. The molecule has 1 saturated heterocycles. The SMILES string of the molecule is Cc1cc(F)ccc1CC(=O)CC1CCCNC1. The average Bonchev–Trinajstić information content (AvgIpc) is 2.34. The molecule has 2 nitrogen and oxygen atoms in total. The first-order valence-corrected chi connectivity index (χ1v) is 6.62. The van der Waals surface area contributed by atoms with Crippen LogP contribution in [0.4, 0.5) is 4.39 Å². The second-order valence-corrected chi connectivity index (χ2v) is 5.20. The monoisotopic (exact) mass is 249 g/mol. The van der Waals surface area contributed by atoms with E-state index in [9.17, 15) is 9.18 Å². The number of piperidine rings is 1. The highest BCUT2D eigenvalue weighted by molar-refractivity contribution is 5.81. The largest absolute Gasteiger partial charge is 0.316 e. The second-order valence-electron chi connectivity index (χ2n) is 5.20. The Labute approximate surface area is 108 Å². The van der Waals surface area contributed by atoms with E-state index in [1.807, 2.05) is 6.92 Å². The highest BCUT2D eigenvalue weighted by Gasteiger charge is 2.17. The summed E-state index contributed by atoms with van der Waals surface area (Å²) >= 11 is 0. The number of halogens is 1. The lowest BCUT2D eigenvalue weighted by Gasteiger charge is -2.22. The van der Waals surface area contributed by atoms with E-state index in [4.69, 9.17) is 0 Å². The van der Waals surface area contributed by atoms with Gasteiger partial charge < -0.3 is 5.32 Å². The van der Waals surface area contributed by atoms with Crippen molar-refractivity contribution in [1.29, 1.82) is 0 Å². The van der Waals surface area contributed by atoms with Gasteiger partial charge in [0.05, 0.1) is 0 Å². The molecule has 18 heavy (non-hydrogen) atoms.